The Morgan fingerprint density at radius 3 is 1.03 bits per heavy atom. The third-order valence-electron chi connectivity index (χ3n) is 5.47. The van der Waals surface area contributed by atoms with Gasteiger partial charge in [0.15, 0.2) is 23.0 Å². The molecule has 2 aromatic carbocycles. The summed E-state index contributed by atoms with van der Waals surface area (Å²) in [5.41, 5.74) is 0.476. The van der Waals surface area contributed by atoms with Crippen molar-refractivity contribution in [2.24, 2.45) is 11.8 Å². The number of aliphatic hydroxyl groups is 4. The highest BCUT2D eigenvalue weighted by Gasteiger charge is 2.35. The predicted molar refractivity (Wildman–Crippen MR) is 113 cm³/mol. The summed E-state index contributed by atoms with van der Waals surface area (Å²) in [6.07, 6.45) is -2.73. The first kappa shape index (κ1) is 25.3. The van der Waals surface area contributed by atoms with Gasteiger partial charge in [-0.2, -0.15) is 0 Å². The van der Waals surface area contributed by atoms with Gasteiger partial charge < -0.3 is 49.6 Å². The molecule has 2 aromatic rings. The van der Waals surface area contributed by atoms with E-state index in [9.17, 15) is 30.6 Å². The smallest absolute Gasteiger partial charge is 0.200 e. The van der Waals surface area contributed by atoms with Crippen LogP contribution in [0.4, 0.5) is 0 Å². The fraction of sp³-hybridized carbons (Fsp3) is 0.455. The Labute approximate surface area is 185 Å². The van der Waals surface area contributed by atoms with Gasteiger partial charge in [0.05, 0.1) is 40.6 Å². The molecule has 2 rings (SSSR count). The number of hydrogen-bond donors (Lipinski definition) is 6. The van der Waals surface area contributed by atoms with Gasteiger partial charge in [-0.25, -0.2) is 0 Å². The number of methoxy groups -OCH3 is 4. The first-order valence-corrected chi connectivity index (χ1v) is 9.75. The van der Waals surface area contributed by atoms with Crippen molar-refractivity contribution >= 4 is 0 Å². The lowest BCUT2D eigenvalue weighted by molar-refractivity contribution is -0.0425. The third-order valence-corrected chi connectivity index (χ3v) is 5.47. The molecule has 0 aliphatic heterocycles. The zero-order chi connectivity index (χ0) is 24.0. The van der Waals surface area contributed by atoms with Crippen LogP contribution in [0.5, 0.6) is 34.5 Å². The van der Waals surface area contributed by atoms with Crippen LogP contribution in [0.25, 0.3) is 0 Å². The SMILES string of the molecule is COc1cc(C(O)C(CO)C(CO)C(O)c2cc(OC)c(O)c(OC)c2)cc(OC)c1O. The molecule has 32 heavy (non-hydrogen) atoms. The maximum Gasteiger partial charge on any atom is 0.200 e. The quantitative estimate of drug-likeness (QED) is 0.290. The van der Waals surface area contributed by atoms with E-state index < -0.39 is 37.3 Å². The summed E-state index contributed by atoms with van der Waals surface area (Å²) < 4.78 is 20.4. The van der Waals surface area contributed by atoms with E-state index in [0.717, 1.165) is 0 Å². The monoisotopic (exact) mass is 454 g/mol. The van der Waals surface area contributed by atoms with Gasteiger partial charge in [-0.15, -0.1) is 0 Å². The zero-order valence-electron chi connectivity index (χ0n) is 18.3. The molecule has 6 N–H and O–H groups in total. The number of aromatic hydroxyl groups is 2. The summed E-state index contributed by atoms with van der Waals surface area (Å²) in [7, 11) is 5.33. The first-order chi connectivity index (χ1) is 15.3. The largest absolute Gasteiger partial charge is 0.502 e. The van der Waals surface area contributed by atoms with Crippen LogP contribution >= 0.6 is 0 Å². The number of phenolic OH excluding ortho intramolecular Hbond substituents is 2. The molecule has 4 unspecified atom stereocenters. The van der Waals surface area contributed by atoms with Crippen molar-refractivity contribution in [2.45, 2.75) is 12.2 Å². The van der Waals surface area contributed by atoms with Crippen LogP contribution in [0, 0.1) is 11.8 Å². The molecule has 0 fully saturated rings. The second kappa shape index (κ2) is 11.1. The van der Waals surface area contributed by atoms with E-state index in [0.29, 0.717) is 0 Å². The molecule has 0 amide bonds. The van der Waals surface area contributed by atoms with Gasteiger partial charge in [0.1, 0.15) is 0 Å². The van der Waals surface area contributed by atoms with E-state index in [1.807, 2.05) is 0 Å². The summed E-state index contributed by atoms with van der Waals surface area (Å²) >= 11 is 0. The molecular weight excluding hydrogens is 424 g/mol. The maximum absolute atomic E-state index is 11.0. The van der Waals surface area contributed by atoms with E-state index in [-0.39, 0.29) is 45.6 Å². The zero-order valence-corrected chi connectivity index (χ0v) is 18.3. The highest BCUT2D eigenvalue weighted by molar-refractivity contribution is 5.54. The minimum Gasteiger partial charge on any atom is -0.502 e. The van der Waals surface area contributed by atoms with Crippen molar-refractivity contribution in [3.63, 3.8) is 0 Å². The van der Waals surface area contributed by atoms with Gasteiger partial charge in [0, 0.05) is 25.0 Å². The van der Waals surface area contributed by atoms with Gasteiger partial charge in [-0.05, 0) is 35.4 Å². The van der Waals surface area contributed by atoms with Crippen LogP contribution in [0.2, 0.25) is 0 Å². The third kappa shape index (κ3) is 4.94. The lowest BCUT2D eigenvalue weighted by Gasteiger charge is -2.32. The van der Waals surface area contributed by atoms with Crippen LogP contribution in [0.15, 0.2) is 24.3 Å². The van der Waals surface area contributed by atoms with E-state index in [1.54, 1.807) is 0 Å². The van der Waals surface area contributed by atoms with Gasteiger partial charge >= 0.3 is 0 Å². The molecule has 0 heterocycles. The molecule has 0 aliphatic rings. The van der Waals surface area contributed by atoms with Gasteiger partial charge in [-0.3, -0.25) is 0 Å². The highest BCUT2D eigenvalue weighted by atomic mass is 16.5. The topological polar surface area (TPSA) is 158 Å². The van der Waals surface area contributed by atoms with Crippen LogP contribution < -0.4 is 18.9 Å². The molecule has 10 nitrogen and oxygen atoms in total. The summed E-state index contributed by atoms with van der Waals surface area (Å²) in [5, 5.41) is 62.2. The number of hydrogen-bond acceptors (Lipinski definition) is 10. The summed E-state index contributed by atoms with van der Waals surface area (Å²) in [5.74, 6) is -2.39. The van der Waals surface area contributed by atoms with Gasteiger partial charge in [-0.1, -0.05) is 0 Å². The number of aliphatic hydroxyl groups excluding tert-OH is 4. The Kier molecular flexibility index (Phi) is 8.79. The summed E-state index contributed by atoms with van der Waals surface area (Å²) in [6.45, 7) is -1.16. The Morgan fingerprint density at radius 2 is 0.844 bits per heavy atom. The standard InChI is InChI=1S/C22H30O10/c1-29-15-5-11(6-16(30-2)21(15)27)19(25)13(9-23)14(10-24)20(26)12-7-17(31-3)22(28)18(8-12)32-4/h5-8,13-14,19-20,23-28H,9-10H2,1-4H3. The van der Waals surface area contributed by atoms with E-state index in [2.05, 4.69) is 0 Å². The average Bonchev–Trinajstić information content (AvgIpc) is 2.81. The number of phenols is 2. The summed E-state index contributed by atoms with van der Waals surface area (Å²) in [6, 6.07) is 5.49. The second-order valence-electron chi connectivity index (χ2n) is 7.13. The van der Waals surface area contributed by atoms with Gasteiger partial charge in [0.2, 0.25) is 11.5 Å². The Morgan fingerprint density at radius 1 is 0.594 bits per heavy atom. The fourth-order valence-electron chi connectivity index (χ4n) is 3.60. The molecule has 0 saturated heterocycles. The van der Waals surface area contributed by atoms with E-state index in [4.69, 9.17) is 18.9 Å². The van der Waals surface area contributed by atoms with Gasteiger partial charge in [0.25, 0.3) is 0 Å². The Balaban J connectivity index is 2.46. The lowest BCUT2D eigenvalue weighted by Crippen LogP contribution is -2.32. The molecular formula is C22H30O10. The fourth-order valence-corrected chi connectivity index (χ4v) is 3.60. The van der Waals surface area contributed by atoms with Crippen LogP contribution in [-0.2, 0) is 0 Å². The first-order valence-electron chi connectivity index (χ1n) is 9.75. The molecule has 10 heteroatoms. The number of benzene rings is 2. The van der Waals surface area contributed by atoms with Crippen molar-refractivity contribution in [3.8, 4) is 34.5 Å². The summed E-state index contributed by atoms with van der Waals surface area (Å²) in [4.78, 5) is 0. The average molecular weight is 454 g/mol. The van der Waals surface area contributed by atoms with E-state index in [1.165, 1.54) is 52.7 Å². The van der Waals surface area contributed by atoms with Crippen LogP contribution in [-0.4, -0.2) is 72.3 Å². The molecule has 0 radical (unpaired) electrons. The molecule has 0 saturated carbocycles. The highest BCUT2D eigenvalue weighted by Crippen LogP contribution is 2.44. The molecule has 0 aliphatic carbocycles. The normalized spacial score (nSPS) is 14.9. The molecule has 0 spiro atoms. The number of rotatable bonds is 11. The maximum atomic E-state index is 11.0. The second-order valence-corrected chi connectivity index (χ2v) is 7.13. The lowest BCUT2D eigenvalue weighted by atomic mass is 9.79. The predicted octanol–water partition coefficient (Wildman–Crippen LogP) is 1.12. The molecule has 4 atom stereocenters. The van der Waals surface area contributed by atoms with Crippen molar-refractivity contribution in [2.75, 3.05) is 41.7 Å². The van der Waals surface area contributed by atoms with Crippen molar-refractivity contribution in [3.05, 3.63) is 35.4 Å². The molecule has 0 aromatic heterocycles. The molecule has 0 bridgehead atoms. The molecule has 178 valence electrons. The van der Waals surface area contributed by atoms with E-state index >= 15 is 0 Å². The van der Waals surface area contributed by atoms with Crippen LogP contribution in [0.3, 0.4) is 0 Å². The Bertz CT molecular complexity index is 777. The van der Waals surface area contributed by atoms with Crippen LogP contribution in [0.1, 0.15) is 23.3 Å². The Hall–Kier alpha value is -2.92. The minimum atomic E-state index is -1.36. The van der Waals surface area contributed by atoms with Crippen molar-refractivity contribution in [1.82, 2.24) is 0 Å². The van der Waals surface area contributed by atoms with Crippen molar-refractivity contribution < 1.29 is 49.6 Å². The minimum absolute atomic E-state index is 0.0456. The van der Waals surface area contributed by atoms with Crippen molar-refractivity contribution in [1.29, 1.82) is 0 Å². The number of ether oxygens (including phenoxy) is 4.